The van der Waals surface area contributed by atoms with E-state index in [4.69, 9.17) is 28.2 Å². The summed E-state index contributed by atoms with van der Waals surface area (Å²) in [5.74, 6) is 1.95. The second-order valence-electron chi connectivity index (χ2n) is 7.41. The molecule has 0 unspecified atom stereocenters. The molecule has 0 aliphatic rings. The molecule has 0 fully saturated rings. The molecular formula is C20H28Cl2N4O. The number of carbonyl (C=O) groups excluding carboxylic acids is 1. The maximum absolute atomic E-state index is 12.2. The Morgan fingerprint density at radius 3 is 2.48 bits per heavy atom. The van der Waals surface area contributed by atoms with Crippen molar-refractivity contribution in [3.63, 3.8) is 0 Å². The molecule has 0 aliphatic carbocycles. The number of nitrogens with one attached hydrogen (secondary N) is 1. The molecule has 7 heteroatoms. The SMILES string of the molecule is CCc1nc(N(CCC(=O)NC(C)C)CC(C)C)c2cc(Cl)cc(Cl)c2n1. The second-order valence-corrected chi connectivity index (χ2v) is 8.26. The Morgan fingerprint density at radius 2 is 1.89 bits per heavy atom. The summed E-state index contributed by atoms with van der Waals surface area (Å²) in [7, 11) is 0. The molecule has 0 aliphatic heterocycles. The van der Waals surface area contributed by atoms with Gasteiger partial charge in [-0.05, 0) is 31.9 Å². The van der Waals surface area contributed by atoms with Gasteiger partial charge >= 0.3 is 0 Å². The van der Waals surface area contributed by atoms with Crippen LogP contribution in [0.15, 0.2) is 12.1 Å². The molecule has 2 aromatic rings. The molecule has 2 rings (SSSR count). The maximum Gasteiger partial charge on any atom is 0.221 e. The largest absolute Gasteiger partial charge is 0.355 e. The highest BCUT2D eigenvalue weighted by atomic mass is 35.5. The quantitative estimate of drug-likeness (QED) is 0.673. The van der Waals surface area contributed by atoms with Crippen molar-refractivity contribution >= 4 is 45.8 Å². The first-order valence-electron chi connectivity index (χ1n) is 9.41. The molecule has 0 bridgehead atoms. The van der Waals surface area contributed by atoms with Crippen LogP contribution in [-0.4, -0.2) is 35.0 Å². The van der Waals surface area contributed by atoms with Gasteiger partial charge in [-0.1, -0.05) is 44.0 Å². The minimum atomic E-state index is 0.0314. The van der Waals surface area contributed by atoms with Crippen molar-refractivity contribution in [3.05, 3.63) is 28.0 Å². The lowest BCUT2D eigenvalue weighted by molar-refractivity contribution is -0.121. The Morgan fingerprint density at radius 1 is 1.19 bits per heavy atom. The van der Waals surface area contributed by atoms with E-state index < -0.39 is 0 Å². The van der Waals surface area contributed by atoms with Gasteiger partial charge in [-0.15, -0.1) is 0 Å². The van der Waals surface area contributed by atoms with E-state index in [0.29, 0.717) is 40.9 Å². The number of fused-ring (bicyclic) bond motifs is 1. The molecule has 1 aromatic heterocycles. The molecule has 1 N–H and O–H groups in total. The Bertz CT molecular complexity index is 808. The number of anilines is 1. The van der Waals surface area contributed by atoms with Crippen LogP contribution in [0.25, 0.3) is 10.9 Å². The molecule has 1 amide bonds. The Hall–Kier alpha value is -1.59. The average molecular weight is 411 g/mol. The highest BCUT2D eigenvalue weighted by molar-refractivity contribution is 6.38. The van der Waals surface area contributed by atoms with Crippen LogP contribution in [0.3, 0.4) is 0 Å². The lowest BCUT2D eigenvalue weighted by atomic mass is 10.1. The van der Waals surface area contributed by atoms with Gasteiger partial charge in [0.2, 0.25) is 5.91 Å². The van der Waals surface area contributed by atoms with Crippen molar-refractivity contribution in [1.29, 1.82) is 0 Å². The number of benzene rings is 1. The Balaban J connectivity index is 2.47. The summed E-state index contributed by atoms with van der Waals surface area (Å²) in [6, 6.07) is 3.67. The fourth-order valence-corrected chi connectivity index (χ4v) is 3.48. The van der Waals surface area contributed by atoms with E-state index in [-0.39, 0.29) is 11.9 Å². The minimum absolute atomic E-state index is 0.0314. The van der Waals surface area contributed by atoms with Crippen LogP contribution in [0.5, 0.6) is 0 Å². The van der Waals surface area contributed by atoms with Crippen LogP contribution >= 0.6 is 23.2 Å². The van der Waals surface area contributed by atoms with E-state index in [2.05, 4.69) is 29.0 Å². The highest BCUT2D eigenvalue weighted by Gasteiger charge is 2.19. The summed E-state index contributed by atoms with van der Waals surface area (Å²) in [5.41, 5.74) is 0.698. The van der Waals surface area contributed by atoms with Crippen molar-refractivity contribution in [2.45, 2.75) is 53.5 Å². The van der Waals surface area contributed by atoms with Crippen molar-refractivity contribution in [2.24, 2.45) is 5.92 Å². The molecule has 0 spiro atoms. The summed E-state index contributed by atoms with van der Waals surface area (Å²) >= 11 is 12.6. The third kappa shape index (κ3) is 5.94. The number of aromatic nitrogens is 2. The van der Waals surface area contributed by atoms with Crippen molar-refractivity contribution in [3.8, 4) is 0 Å². The van der Waals surface area contributed by atoms with Crippen LogP contribution in [0.2, 0.25) is 10.0 Å². The van der Waals surface area contributed by atoms with E-state index in [1.165, 1.54) is 0 Å². The van der Waals surface area contributed by atoms with Gasteiger partial charge in [-0.3, -0.25) is 4.79 Å². The summed E-state index contributed by atoms with van der Waals surface area (Å²) < 4.78 is 0. The lowest BCUT2D eigenvalue weighted by Gasteiger charge is -2.27. The first-order valence-corrected chi connectivity index (χ1v) is 10.2. The number of aryl methyl sites for hydroxylation is 1. The fourth-order valence-electron chi connectivity index (χ4n) is 2.94. The zero-order chi connectivity index (χ0) is 20.1. The monoisotopic (exact) mass is 410 g/mol. The number of amides is 1. The minimum Gasteiger partial charge on any atom is -0.355 e. The number of hydrogen-bond donors (Lipinski definition) is 1. The van der Waals surface area contributed by atoms with Crippen LogP contribution in [0.1, 0.15) is 46.9 Å². The first kappa shape index (κ1) is 21.7. The number of nitrogens with zero attached hydrogens (tertiary/aromatic N) is 3. The molecule has 27 heavy (non-hydrogen) atoms. The summed E-state index contributed by atoms with van der Waals surface area (Å²) in [4.78, 5) is 23.6. The molecule has 1 aromatic carbocycles. The number of rotatable bonds is 8. The zero-order valence-corrected chi connectivity index (χ0v) is 18.2. The third-order valence-corrected chi connectivity index (χ3v) is 4.51. The van der Waals surface area contributed by atoms with Crippen LogP contribution in [0.4, 0.5) is 5.82 Å². The lowest BCUT2D eigenvalue weighted by Crippen LogP contribution is -2.36. The van der Waals surface area contributed by atoms with E-state index in [1.54, 1.807) is 6.07 Å². The summed E-state index contributed by atoms with van der Waals surface area (Å²) in [6.45, 7) is 11.6. The maximum atomic E-state index is 12.2. The topological polar surface area (TPSA) is 58.1 Å². The van der Waals surface area contributed by atoms with E-state index in [9.17, 15) is 4.79 Å². The molecule has 5 nitrogen and oxygen atoms in total. The van der Waals surface area contributed by atoms with Crippen molar-refractivity contribution in [1.82, 2.24) is 15.3 Å². The van der Waals surface area contributed by atoms with Gasteiger partial charge in [0.25, 0.3) is 0 Å². The number of carbonyl (C=O) groups is 1. The molecule has 1 heterocycles. The van der Waals surface area contributed by atoms with Gasteiger partial charge in [0, 0.05) is 42.4 Å². The van der Waals surface area contributed by atoms with Gasteiger partial charge in [-0.2, -0.15) is 0 Å². The normalized spacial score (nSPS) is 11.4. The van der Waals surface area contributed by atoms with E-state index in [0.717, 1.165) is 23.6 Å². The van der Waals surface area contributed by atoms with Crippen LogP contribution in [-0.2, 0) is 11.2 Å². The Kier molecular flexibility index (Phi) is 7.68. The molecule has 0 atom stereocenters. The highest BCUT2D eigenvalue weighted by Crippen LogP contribution is 2.32. The zero-order valence-electron chi connectivity index (χ0n) is 16.6. The van der Waals surface area contributed by atoms with E-state index in [1.807, 2.05) is 26.8 Å². The smallest absolute Gasteiger partial charge is 0.221 e. The Labute approximate surface area is 171 Å². The van der Waals surface area contributed by atoms with Crippen LogP contribution < -0.4 is 10.2 Å². The van der Waals surface area contributed by atoms with Gasteiger partial charge in [0.1, 0.15) is 11.6 Å². The average Bonchev–Trinajstić information content (AvgIpc) is 2.57. The second kappa shape index (κ2) is 9.56. The summed E-state index contributed by atoms with van der Waals surface area (Å²) in [6.07, 6.45) is 1.09. The van der Waals surface area contributed by atoms with Gasteiger partial charge in [0.15, 0.2) is 0 Å². The number of hydrogen-bond acceptors (Lipinski definition) is 4. The first-order chi connectivity index (χ1) is 12.7. The predicted molar refractivity (Wildman–Crippen MR) is 114 cm³/mol. The molecule has 148 valence electrons. The van der Waals surface area contributed by atoms with Crippen LogP contribution in [0, 0.1) is 5.92 Å². The molecular weight excluding hydrogens is 383 g/mol. The van der Waals surface area contributed by atoms with Crippen molar-refractivity contribution in [2.75, 3.05) is 18.0 Å². The van der Waals surface area contributed by atoms with Gasteiger partial charge in [0.05, 0.1) is 10.5 Å². The molecule has 0 radical (unpaired) electrons. The molecule has 0 saturated carbocycles. The molecule has 0 saturated heterocycles. The number of halogens is 2. The fraction of sp³-hybridized carbons (Fsp3) is 0.550. The van der Waals surface area contributed by atoms with E-state index >= 15 is 0 Å². The predicted octanol–water partition coefficient (Wildman–Crippen LogP) is 4.88. The van der Waals surface area contributed by atoms with Gasteiger partial charge in [-0.25, -0.2) is 9.97 Å². The standard InChI is InChI=1S/C20H28Cl2N4O/c1-6-17-24-19-15(9-14(21)10-16(19)22)20(25-17)26(11-12(2)3)8-7-18(27)23-13(4)5/h9-10,12-13H,6-8,11H2,1-5H3,(H,23,27). The summed E-state index contributed by atoms with van der Waals surface area (Å²) in [5, 5.41) is 4.81. The van der Waals surface area contributed by atoms with Crippen molar-refractivity contribution < 1.29 is 4.79 Å². The van der Waals surface area contributed by atoms with Gasteiger partial charge < -0.3 is 10.2 Å². The third-order valence-electron chi connectivity index (χ3n) is 4.00.